The molecule has 1 N–H and O–H groups in total. The summed E-state index contributed by atoms with van der Waals surface area (Å²) in [4.78, 5) is 9.60. The first kappa shape index (κ1) is 5.43. The van der Waals surface area contributed by atoms with Crippen LogP contribution in [0.15, 0.2) is 0 Å². The van der Waals surface area contributed by atoms with E-state index in [1.165, 1.54) is 0 Å². The van der Waals surface area contributed by atoms with Crippen molar-refractivity contribution in [2.24, 2.45) is 0 Å². The van der Waals surface area contributed by atoms with Crippen LogP contribution >= 0.6 is 0 Å². The second-order valence-electron chi connectivity index (χ2n) is 0.862. The van der Waals surface area contributed by atoms with Gasteiger partial charge in [-0.25, -0.2) is 5.06 Å². The maximum Gasteiger partial charge on any atom is 0.250 e. The molecule has 2 radical (unpaired) electrons. The Kier molecular flexibility index (Phi) is 1.60. The summed E-state index contributed by atoms with van der Waals surface area (Å²) >= 11 is 0. The lowest BCUT2D eigenvalue weighted by Crippen LogP contribution is -2.18. The Morgan fingerprint density at radius 3 is 2.17 bits per heavy atom. The molecule has 3 heteroatoms. The van der Waals surface area contributed by atoms with Crippen molar-refractivity contribution in [1.82, 2.24) is 5.06 Å². The second-order valence-corrected chi connectivity index (χ2v) is 0.862. The number of carbonyl (C=O) groups excluding carboxylic acids is 1. The zero-order valence-corrected chi connectivity index (χ0v) is 3.38. The fourth-order valence-electron chi connectivity index (χ4n) is 0. The van der Waals surface area contributed by atoms with Crippen LogP contribution in [0.1, 0.15) is 0 Å². The summed E-state index contributed by atoms with van der Waals surface area (Å²) in [6.07, 6.45) is 0. The third-order valence-electron chi connectivity index (χ3n) is 0.319. The molecule has 0 fully saturated rings. The van der Waals surface area contributed by atoms with Crippen LogP contribution in [0.5, 0.6) is 0 Å². The minimum atomic E-state index is -0.852. The summed E-state index contributed by atoms with van der Waals surface area (Å²) in [7, 11) is 1.16. The van der Waals surface area contributed by atoms with Crippen molar-refractivity contribution in [2.75, 3.05) is 7.05 Å². The lowest BCUT2D eigenvalue weighted by Gasteiger charge is -1.99. The van der Waals surface area contributed by atoms with Gasteiger partial charge in [-0.2, -0.15) is 0 Å². The van der Waals surface area contributed by atoms with Gasteiger partial charge in [0.25, 0.3) is 0 Å². The molecule has 6 heavy (non-hydrogen) atoms. The largest absolute Gasteiger partial charge is 0.286 e. The van der Waals surface area contributed by atoms with E-state index < -0.39 is 5.91 Å². The van der Waals surface area contributed by atoms with Crippen LogP contribution in [0.2, 0.25) is 0 Å². The maximum absolute atomic E-state index is 9.60. The van der Waals surface area contributed by atoms with Gasteiger partial charge in [0.2, 0.25) is 5.91 Å². The Hall–Kier alpha value is -0.570. The van der Waals surface area contributed by atoms with E-state index >= 15 is 0 Å². The summed E-state index contributed by atoms with van der Waals surface area (Å²) in [6.45, 7) is 4.47. The number of hydroxylamine groups is 2. The highest BCUT2D eigenvalue weighted by Crippen LogP contribution is 1.68. The highest BCUT2D eigenvalue weighted by molar-refractivity contribution is 5.78. The predicted octanol–water partition coefficient (Wildman–Crippen LogP) is -0.455. The van der Waals surface area contributed by atoms with Crippen molar-refractivity contribution < 1.29 is 10.0 Å². The molecular formula is C3H5NO2. The highest BCUT2D eigenvalue weighted by Gasteiger charge is 1.91. The molecule has 0 spiro atoms. The van der Waals surface area contributed by atoms with E-state index in [4.69, 9.17) is 5.21 Å². The van der Waals surface area contributed by atoms with E-state index in [-0.39, 0.29) is 0 Å². The van der Waals surface area contributed by atoms with Crippen molar-refractivity contribution in [3.8, 4) is 0 Å². The number of hydrogen-bond acceptors (Lipinski definition) is 2. The van der Waals surface area contributed by atoms with Gasteiger partial charge in [-0.3, -0.25) is 10.0 Å². The van der Waals surface area contributed by atoms with Gasteiger partial charge < -0.3 is 0 Å². The van der Waals surface area contributed by atoms with Gasteiger partial charge in [-0.15, -0.1) is 0 Å². The number of amides is 1. The standard InChI is InChI=1S/C3H5NO2/c1-3(5)4(2)6/h1,6H,2H3. The first-order valence-corrected chi connectivity index (χ1v) is 1.36. The summed E-state index contributed by atoms with van der Waals surface area (Å²) < 4.78 is 0. The van der Waals surface area contributed by atoms with E-state index in [1.807, 2.05) is 0 Å². The van der Waals surface area contributed by atoms with E-state index in [2.05, 4.69) is 6.92 Å². The molecule has 1 amide bonds. The van der Waals surface area contributed by atoms with Crippen LogP contribution in [0.4, 0.5) is 0 Å². The third-order valence-corrected chi connectivity index (χ3v) is 0.319. The van der Waals surface area contributed by atoms with Crippen molar-refractivity contribution in [3.63, 3.8) is 0 Å². The molecular weight excluding hydrogens is 82.0 g/mol. The van der Waals surface area contributed by atoms with Crippen molar-refractivity contribution >= 4 is 5.91 Å². The normalized spacial score (nSPS) is 7.83. The summed E-state index contributed by atoms with van der Waals surface area (Å²) in [5, 5.41) is 8.29. The molecule has 0 aliphatic heterocycles. The van der Waals surface area contributed by atoms with E-state index in [9.17, 15) is 4.79 Å². The van der Waals surface area contributed by atoms with Crippen LogP contribution in [0, 0.1) is 6.92 Å². The monoisotopic (exact) mass is 87.0 g/mol. The number of carbonyl (C=O) groups is 1. The fraction of sp³-hybridized carbons (Fsp3) is 0.333. The third kappa shape index (κ3) is 1.72. The van der Waals surface area contributed by atoms with Gasteiger partial charge in [0.05, 0.1) is 6.92 Å². The van der Waals surface area contributed by atoms with E-state index in [0.29, 0.717) is 5.06 Å². The number of hydrogen-bond donors (Lipinski definition) is 1. The Balaban J connectivity index is 3.26. The lowest BCUT2D eigenvalue weighted by atomic mass is 10.7. The first-order chi connectivity index (χ1) is 2.64. The molecule has 0 aromatic carbocycles. The number of nitrogens with zero attached hydrogens (tertiary/aromatic N) is 1. The van der Waals surface area contributed by atoms with E-state index in [1.54, 1.807) is 0 Å². The molecule has 0 saturated carbocycles. The van der Waals surface area contributed by atoms with E-state index in [0.717, 1.165) is 7.05 Å². The zero-order valence-electron chi connectivity index (χ0n) is 3.38. The summed E-state index contributed by atoms with van der Waals surface area (Å²) in [5.74, 6) is -0.852. The molecule has 0 rings (SSSR count). The molecule has 34 valence electrons. The molecule has 0 atom stereocenters. The second kappa shape index (κ2) is 1.77. The number of rotatable bonds is 0. The van der Waals surface area contributed by atoms with Crippen LogP contribution in [-0.4, -0.2) is 23.2 Å². The minimum Gasteiger partial charge on any atom is -0.286 e. The molecule has 3 nitrogen and oxygen atoms in total. The Morgan fingerprint density at radius 2 is 2.17 bits per heavy atom. The van der Waals surface area contributed by atoms with Crippen LogP contribution in [0.3, 0.4) is 0 Å². The average molecular weight is 87.1 g/mol. The Bertz CT molecular complexity index is 59.8. The molecule has 0 aromatic rings. The summed E-state index contributed by atoms with van der Waals surface area (Å²) in [6, 6.07) is 0. The van der Waals surface area contributed by atoms with Gasteiger partial charge in [0.1, 0.15) is 0 Å². The van der Waals surface area contributed by atoms with Crippen molar-refractivity contribution in [1.29, 1.82) is 0 Å². The molecule has 0 aliphatic carbocycles. The predicted molar refractivity (Wildman–Crippen MR) is 18.9 cm³/mol. The molecule has 0 aliphatic rings. The summed E-state index contributed by atoms with van der Waals surface area (Å²) in [5.41, 5.74) is 0. The van der Waals surface area contributed by atoms with Crippen LogP contribution < -0.4 is 0 Å². The smallest absolute Gasteiger partial charge is 0.250 e. The lowest BCUT2D eigenvalue weighted by molar-refractivity contribution is -0.153. The van der Waals surface area contributed by atoms with Gasteiger partial charge >= 0.3 is 0 Å². The zero-order chi connectivity index (χ0) is 5.15. The molecule has 0 unspecified atom stereocenters. The van der Waals surface area contributed by atoms with Crippen LogP contribution in [-0.2, 0) is 4.79 Å². The average Bonchev–Trinajstić information content (AvgIpc) is 1.36. The minimum absolute atomic E-state index is 0.306. The van der Waals surface area contributed by atoms with Gasteiger partial charge in [-0.1, -0.05) is 0 Å². The van der Waals surface area contributed by atoms with Gasteiger partial charge in [-0.05, 0) is 0 Å². The van der Waals surface area contributed by atoms with Crippen molar-refractivity contribution in [3.05, 3.63) is 6.92 Å². The fourth-order valence-corrected chi connectivity index (χ4v) is 0. The topological polar surface area (TPSA) is 40.5 Å². The molecule has 0 aromatic heterocycles. The Morgan fingerprint density at radius 1 is 2.00 bits per heavy atom. The first-order valence-electron chi connectivity index (χ1n) is 1.36. The SMILES string of the molecule is [CH]C(=O)N(C)O. The van der Waals surface area contributed by atoms with Gasteiger partial charge in [0, 0.05) is 7.05 Å². The van der Waals surface area contributed by atoms with Crippen LogP contribution in [0.25, 0.3) is 0 Å². The van der Waals surface area contributed by atoms with Crippen molar-refractivity contribution in [2.45, 2.75) is 0 Å². The highest BCUT2D eigenvalue weighted by atomic mass is 16.5. The molecule has 0 heterocycles. The molecule has 0 saturated heterocycles. The Labute approximate surface area is 36.1 Å². The molecule has 0 bridgehead atoms. The van der Waals surface area contributed by atoms with Gasteiger partial charge in [0.15, 0.2) is 0 Å². The maximum atomic E-state index is 9.60. The quantitative estimate of drug-likeness (QED) is 0.321.